The molecule has 0 amide bonds. The first kappa shape index (κ1) is 15.5. The number of benzene rings is 1. The fourth-order valence-electron chi connectivity index (χ4n) is 1.27. The summed E-state index contributed by atoms with van der Waals surface area (Å²) in [6.07, 6.45) is 0.583. The van der Waals surface area contributed by atoms with Crippen LogP contribution < -0.4 is 0 Å². The first-order chi connectivity index (χ1) is 7.92. The van der Waals surface area contributed by atoms with E-state index in [1.807, 2.05) is 32.9 Å². The fourth-order valence-corrected chi connectivity index (χ4v) is 1.27. The van der Waals surface area contributed by atoms with Gasteiger partial charge in [0, 0.05) is 6.92 Å². The molecule has 0 spiro atoms. The van der Waals surface area contributed by atoms with Crippen LogP contribution in [0.3, 0.4) is 0 Å². The van der Waals surface area contributed by atoms with Gasteiger partial charge in [-0.25, -0.2) is 0 Å². The van der Waals surface area contributed by atoms with Crippen molar-refractivity contribution < 1.29 is 9.84 Å². The molecular formula is C14H21NO2. The van der Waals surface area contributed by atoms with Crippen LogP contribution in [-0.4, -0.2) is 17.8 Å². The third-order valence-electron chi connectivity index (χ3n) is 2.14. The monoisotopic (exact) mass is 235 g/mol. The standard InChI is InChI=1S/C9H12O.C3H6O.C2H3N/c1-6-4-7(2)9(10)8(3)5-6;1-3-2-4-3;1-2-3/h4-5,10H,1-3H3;3H,2H2,1H3;1H3. The predicted molar refractivity (Wildman–Crippen MR) is 69.0 cm³/mol. The van der Waals surface area contributed by atoms with Gasteiger partial charge in [-0.05, 0) is 38.8 Å². The van der Waals surface area contributed by atoms with E-state index < -0.39 is 0 Å². The van der Waals surface area contributed by atoms with E-state index in [1.54, 1.807) is 6.07 Å². The zero-order chi connectivity index (χ0) is 13.4. The molecule has 1 unspecified atom stereocenters. The Morgan fingerprint density at radius 2 is 1.59 bits per heavy atom. The van der Waals surface area contributed by atoms with Crippen molar-refractivity contribution in [2.45, 2.75) is 40.7 Å². The maximum atomic E-state index is 9.33. The number of ether oxygens (including phenoxy) is 1. The number of phenolic OH excluding ortho intramolecular Hbond substituents is 1. The summed E-state index contributed by atoms with van der Waals surface area (Å²) < 4.78 is 4.71. The topological polar surface area (TPSA) is 56.5 Å². The van der Waals surface area contributed by atoms with Crippen LogP contribution >= 0.6 is 0 Å². The van der Waals surface area contributed by atoms with Gasteiger partial charge in [0.1, 0.15) is 5.75 Å². The quantitative estimate of drug-likeness (QED) is 0.702. The molecule has 94 valence electrons. The number of phenols is 1. The summed E-state index contributed by atoms with van der Waals surface area (Å²) in [6.45, 7) is 10.3. The molecule has 1 saturated heterocycles. The van der Waals surface area contributed by atoms with Gasteiger partial charge in [0.05, 0.1) is 18.8 Å². The van der Waals surface area contributed by atoms with Gasteiger partial charge in [-0.2, -0.15) is 5.26 Å². The predicted octanol–water partition coefficient (Wildman–Crippen LogP) is 3.25. The van der Waals surface area contributed by atoms with Crippen LogP contribution in [0, 0.1) is 32.1 Å². The highest BCUT2D eigenvalue weighted by molar-refractivity contribution is 5.41. The van der Waals surface area contributed by atoms with E-state index in [-0.39, 0.29) is 0 Å². The van der Waals surface area contributed by atoms with Crippen molar-refractivity contribution in [3.8, 4) is 11.8 Å². The highest BCUT2D eigenvalue weighted by atomic mass is 16.6. The number of epoxide rings is 1. The van der Waals surface area contributed by atoms with Gasteiger partial charge in [-0.15, -0.1) is 0 Å². The van der Waals surface area contributed by atoms with Crippen molar-refractivity contribution in [3.05, 3.63) is 28.8 Å². The van der Waals surface area contributed by atoms with E-state index in [2.05, 4.69) is 6.92 Å². The van der Waals surface area contributed by atoms with Crippen LogP contribution in [0.15, 0.2) is 12.1 Å². The lowest BCUT2D eigenvalue weighted by molar-refractivity contribution is 0.423. The third-order valence-corrected chi connectivity index (χ3v) is 2.14. The Bertz CT molecular complexity index is 367. The summed E-state index contributed by atoms with van der Waals surface area (Å²) >= 11 is 0. The number of nitrogens with zero attached hydrogens (tertiary/aromatic N) is 1. The Morgan fingerprint density at radius 3 is 1.82 bits per heavy atom. The molecule has 17 heavy (non-hydrogen) atoms. The first-order valence-electron chi connectivity index (χ1n) is 5.61. The molecule has 3 nitrogen and oxygen atoms in total. The third kappa shape index (κ3) is 7.37. The molecule has 1 aliphatic rings. The van der Waals surface area contributed by atoms with Gasteiger partial charge in [-0.1, -0.05) is 17.7 Å². The minimum absolute atomic E-state index is 0.422. The van der Waals surface area contributed by atoms with E-state index in [1.165, 1.54) is 12.5 Å². The largest absolute Gasteiger partial charge is 0.507 e. The smallest absolute Gasteiger partial charge is 0.121 e. The second-order valence-corrected chi connectivity index (χ2v) is 4.11. The highest BCUT2D eigenvalue weighted by Crippen LogP contribution is 2.21. The van der Waals surface area contributed by atoms with Crippen LogP contribution in [-0.2, 0) is 4.74 Å². The minimum atomic E-state index is 0.422. The summed E-state index contributed by atoms with van der Waals surface area (Å²) in [7, 11) is 0. The fraction of sp³-hybridized carbons (Fsp3) is 0.500. The second-order valence-electron chi connectivity index (χ2n) is 4.11. The molecule has 3 heteroatoms. The second kappa shape index (κ2) is 7.70. The lowest BCUT2D eigenvalue weighted by atomic mass is 10.1. The van der Waals surface area contributed by atoms with Crippen molar-refractivity contribution in [2.24, 2.45) is 0 Å². The summed E-state index contributed by atoms with van der Waals surface area (Å²) in [5.41, 5.74) is 3.11. The molecular weight excluding hydrogens is 214 g/mol. The van der Waals surface area contributed by atoms with Gasteiger partial charge in [0.15, 0.2) is 0 Å². The van der Waals surface area contributed by atoms with Gasteiger partial charge >= 0.3 is 0 Å². The Morgan fingerprint density at radius 1 is 1.29 bits per heavy atom. The zero-order valence-electron chi connectivity index (χ0n) is 11.2. The molecule has 2 rings (SSSR count). The number of nitriles is 1. The first-order valence-corrected chi connectivity index (χ1v) is 5.61. The number of rotatable bonds is 0. The molecule has 0 aliphatic carbocycles. The van der Waals surface area contributed by atoms with Crippen LogP contribution in [0.4, 0.5) is 0 Å². The molecule has 1 atom stereocenters. The van der Waals surface area contributed by atoms with Crippen LogP contribution in [0.5, 0.6) is 5.75 Å². The molecule has 1 aliphatic heterocycles. The van der Waals surface area contributed by atoms with E-state index in [0.29, 0.717) is 11.9 Å². The lowest BCUT2D eigenvalue weighted by Gasteiger charge is -2.03. The molecule has 0 saturated carbocycles. The average molecular weight is 235 g/mol. The Kier molecular flexibility index (Phi) is 7.00. The van der Waals surface area contributed by atoms with Gasteiger partial charge in [-0.3, -0.25) is 0 Å². The van der Waals surface area contributed by atoms with Crippen molar-refractivity contribution in [1.82, 2.24) is 0 Å². The van der Waals surface area contributed by atoms with Gasteiger partial charge in [0.2, 0.25) is 0 Å². The van der Waals surface area contributed by atoms with Crippen LogP contribution in [0.1, 0.15) is 30.5 Å². The summed E-state index contributed by atoms with van der Waals surface area (Å²) in [6, 6.07) is 5.70. The zero-order valence-corrected chi connectivity index (χ0v) is 11.2. The normalized spacial score (nSPS) is 15.6. The maximum Gasteiger partial charge on any atom is 0.121 e. The average Bonchev–Trinajstić information content (AvgIpc) is 2.99. The number of aryl methyl sites for hydroxylation is 3. The molecule has 0 aromatic heterocycles. The van der Waals surface area contributed by atoms with E-state index in [4.69, 9.17) is 10.00 Å². The highest BCUT2D eigenvalue weighted by Gasteiger charge is 2.13. The van der Waals surface area contributed by atoms with Crippen molar-refractivity contribution in [1.29, 1.82) is 5.26 Å². The van der Waals surface area contributed by atoms with E-state index >= 15 is 0 Å². The van der Waals surface area contributed by atoms with Gasteiger partial charge < -0.3 is 9.84 Å². The number of hydrogen-bond acceptors (Lipinski definition) is 3. The minimum Gasteiger partial charge on any atom is -0.507 e. The molecule has 1 aromatic carbocycles. The van der Waals surface area contributed by atoms with E-state index in [0.717, 1.165) is 17.7 Å². The number of aromatic hydroxyl groups is 1. The SMILES string of the molecule is CC#N.CC1CO1.Cc1cc(C)c(O)c(C)c1. The van der Waals surface area contributed by atoms with Crippen molar-refractivity contribution in [2.75, 3.05) is 6.61 Å². The van der Waals surface area contributed by atoms with Crippen molar-refractivity contribution in [3.63, 3.8) is 0 Å². The molecule has 1 heterocycles. The number of hydrogen-bond donors (Lipinski definition) is 1. The Hall–Kier alpha value is -1.53. The van der Waals surface area contributed by atoms with E-state index in [9.17, 15) is 5.11 Å². The Balaban J connectivity index is 0.000000301. The molecule has 1 fully saturated rings. The molecule has 1 aromatic rings. The van der Waals surface area contributed by atoms with Crippen LogP contribution in [0.25, 0.3) is 0 Å². The van der Waals surface area contributed by atoms with Crippen LogP contribution in [0.2, 0.25) is 0 Å². The maximum absolute atomic E-state index is 9.33. The summed E-state index contributed by atoms with van der Waals surface area (Å²) in [5, 5.41) is 16.7. The van der Waals surface area contributed by atoms with Gasteiger partial charge in [0.25, 0.3) is 0 Å². The molecule has 0 radical (unpaired) electrons. The summed E-state index contributed by atoms with van der Waals surface area (Å²) in [5.74, 6) is 0.422. The molecule has 0 bridgehead atoms. The lowest BCUT2D eigenvalue weighted by Crippen LogP contribution is -1.81. The Labute approximate surface area is 104 Å². The molecule has 1 N–H and O–H groups in total. The summed E-state index contributed by atoms with van der Waals surface area (Å²) in [4.78, 5) is 0. The van der Waals surface area contributed by atoms with Crippen molar-refractivity contribution >= 4 is 0 Å².